The number of piperidine rings is 1. The molecule has 2 fully saturated rings. The van der Waals surface area contributed by atoms with E-state index in [9.17, 15) is 4.79 Å². The zero-order valence-corrected chi connectivity index (χ0v) is 15.6. The molecular weight excluding hydrogens is 340 g/mol. The minimum Gasteiger partial charge on any atom is -0.472 e. The van der Waals surface area contributed by atoms with Gasteiger partial charge in [0.25, 0.3) is 5.91 Å². The molecule has 2 aromatic heterocycles. The van der Waals surface area contributed by atoms with E-state index in [0.29, 0.717) is 11.4 Å². The molecule has 4 heterocycles. The number of hydrogen-bond donors (Lipinski definition) is 0. The standard InChI is InChI=1S/C21H26N4O2/c26-21(25-12-4-1-5-13-25)19-8-6-11-23-20(19)27-18-9-14-24(16-18)15-17-7-2-3-10-22-17/h2-3,6-8,10-11,18H,1,4-5,9,12-16H2. The molecule has 1 atom stereocenters. The molecule has 0 spiro atoms. The number of rotatable bonds is 5. The largest absolute Gasteiger partial charge is 0.472 e. The van der Waals surface area contributed by atoms with Crippen molar-refractivity contribution in [1.82, 2.24) is 19.8 Å². The smallest absolute Gasteiger partial charge is 0.259 e. The summed E-state index contributed by atoms with van der Waals surface area (Å²) in [6.45, 7) is 4.26. The number of carbonyl (C=O) groups excluding carboxylic acids is 1. The van der Waals surface area contributed by atoms with Crippen LogP contribution in [0.1, 0.15) is 41.7 Å². The van der Waals surface area contributed by atoms with E-state index in [1.54, 1.807) is 6.20 Å². The molecule has 4 rings (SSSR count). The SMILES string of the molecule is O=C(c1cccnc1OC1CCN(Cc2ccccn2)C1)N1CCCCC1. The van der Waals surface area contributed by atoms with Crippen molar-refractivity contribution in [3.63, 3.8) is 0 Å². The quantitative estimate of drug-likeness (QED) is 0.814. The number of amides is 1. The van der Waals surface area contributed by atoms with Crippen molar-refractivity contribution < 1.29 is 9.53 Å². The highest BCUT2D eigenvalue weighted by molar-refractivity contribution is 5.96. The van der Waals surface area contributed by atoms with Gasteiger partial charge in [0.2, 0.25) is 5.88 Å². The predicted octanol–water partition coefficient (Wildman–Crippen LogP) is 2.76. The summed E-state index contributed by atoms with van der Waals surface area (Å²) in [6.07, 6.45) is 7.86. The summed E-state index contributed by atoms with van der Waals surface area (Å²) in [5, 5.41) is 0. The van der Waals surface area contributed by atoms with E-state index >= 15 is 0 Å². The number of carbonyl (C=O) groups is 1. The summed E-state index contributed by atoms with van der Waals surface area (Å²) in [5.41, 5.74) is 1.65. The maximum Gasteiger partial charge on any atom is 0.259 e. The zero-order valence-electron chi connectivity index (χ0n) is 15.6. The van der Waals surface area contributed by atoms with Crippen molar-refractivity contribution >= 4 is 5.91 Å². The van der Waals surface area contributed by atoms with Gasteiger partial charge in [-0.25, -0.2) is 4.98 Å². The van der Waals surface area contributed by atoms with Gasteiger partial charge in [-0.3, -0.25) is 14.7 Å². The Morgan fingerprint density at radius 1 is 1.04 bits per heavy atom. The van der Waals surface area contributed by atoms with Crippen molar-refractivity contribution in [1.29, 1.82) is 0 Å². The Hall–Kier alpha value is -2.47. The Morgan fingerprint density at radius 3 is 2.70 bits per heavy atom. The first-order chi connectivity index (χ1) is 13.3. The summed E-state index contributed by atoms with van der Waals surface area (Å²) in [7, 11) is 0. The molecular formula is C21H26N4O2. The maximum absolute atomic E-state index is 12.9. The molecule has 0 radical (unpaired) electrons. The highest BCUT2D eigenvalue weighted by Crippen LogP contribution is 2.23. The van der Waals surface area contributed by atoms with E-state index in [0.717, 1.165) is 57.7 Å². The number of nitrogens with zero attached hydrogens (tertiary/aromatic N) is 4. The molecule has 2 aromatic rings. The second kappa shape index (κ2) is 8.48. The van der Waals surface area contributed by atoms with Crippen molar-refractivity contribution in [3.8, 4) is 5.88 Å². The van der Waals surface area contributed by atoms with Crippen LogP contribution >= 0.6 is 0 Å². The van der Waals surface area contributed by atoms with Gasteiger partial charge < -0.3 is 9.64 Å². The number of aromatic nitrogens is 2. The fourth-order valence-corrected chi connectivity index (χ4v) is 3.83. The summed E-state index contributed by atoms with van der Waals surface area (Å²) in [5.74, 6) is 0.513. The molecule has 1 unspecified atom stereocenters. The molecule has 6 nitrogen and oxygen atoms in total. The average molecular weight is 366 g/mol. The lowest BCUT2D eigenvalue weighted by molar-refractivity contribution is 0.0715. The molecule has 0 aromatic carbocycles. The molecule has 0 aliphatic carbocycles. The molecule has 0 N–H and O–H groups in total. The Bertz CT molecular complexity index is 762. The molecule has 27 heavy (non-hydrogen) atoms. The van der Waals surface area contributed by atoms with Gasteiger partial charge in [-0.2, -0.15) is 0 Å². The van der Waals surface area contributed by atoms with Gasteiger partial charge in [-0.1, -0.05) is 6.07 Å². The van der Waals surface area contributed by atoms with E-state index in [-0.39, 0.29) is 12.0 Å². The first-order valence-electron chi connectivity index (χ1n) is 9.83. The zero-order chi connectivity index (χ0) is 18.5. The van der Waals surface area contributed by atoms with Gasteiger partial charge in [-0.05, 0) is 49.9 Å². The lowest BCUT2D eigenvalue weighted by Gasteiger charge is -2.27. The van der Waals surface area contributed by atoms with Gasteiger partial charge in [0.15, 0.2) is 0 Å². The molecule has 0 saturated carbocycles. The van der Waals surface area contributed by atoms with Gasteiger partial charge in [0, 0.05) is 45.1 Å². The normalized spacial score (nSPS) is 20.6. The second-order valence-corrected chi connectivity index (χ2v) is 7.29. The van der Waals surface area contributed by atoms with E-state index in [4.69, 9.17) is 4.74 Å². The molecule has 2 aliphatic heterocycles. The van der Waals surface area contributed by atoms with Crippen LogP contribution in [0.2, 0.25) is 0 Å². The predicted molar refractivity (Wildman–Crippen MR) is 103 cm³/mol. The summed E-state index contributed by atoms with van der Waals surface area (Å²) in [4.78, 5) is 25.9. The van der Waals surface area contributed by atoms with Crippen LogP contribution in [0.25, 0.3) is 0 Å². The molecule has 0 bridgehead atoms. The monoisotopic (exact) mass is 366 g/mol. The third-order valence-corrected chi connectivity index (χ3v) is 5.26. The fourth-order valence-electron chi connectivity index (χ4n) is 3.83. The van der Waals surface area contributed by atoms with Crippen LogP contribution in [-0.4, -0.2) is 58.0 Å². The van der Waals surface area contributed by atoms with Crippen molar-refractivity contribution in [3.05, 3.63) is 54.0 Å². The molecule has 142 valence electrons. The number of pyridine rings is 2. The van der Waals surface area contributed by atoms with Crippen LogP contribution < -0.4 is 4.74 Å². The summed E-state index contributed by atoms with van der Waals surface area (Å²) in [6, 6.07) is 9.63. The van der Waals surface area contributed by atoms with Crippen molar-refractivity contribution in [2.24, 2.45) is 0 Å². The second-order valence-electron chi connectivity index (χ2n) is 7.29. The Kier molecular flexibility index (Phi) is 5.63. The Morgan fingerprint density at radius 2 is 1.89 bits per heavy atom. The van der Waals surface area contributed by atoms with E-state index < -0.39 is 0 Å². The maximum atomic E-state index is 12.9. The Balaban J connectivity index is 1.39. The molecule has 1 amide bonds. The van der Waals surface area contributed by atoms with Crippen LogP contribution in [-0.2, 0) is 6.54 Å². The molecule has 2 saturated heterocycles. The van der Waals surface area contributed by atoms with Gasteiger partial charge in [-0.15, -0.1) is 0 Å². The van der Waals surface area contributed by atoms with E-state index in [1.807, 2.05) is 41.4 Å². The minimum atomic E-state index is 0.0427. The van der Waals surface area contributed by atoms with Crippen molar-refractivity contribution in [2.75, 3.05) is 26.2 Å². The minimum absolute atomic E-state index is 0.0427. The summed E-state index contributed by atoms with van der Waals surface area (Å²) < 4.78 is 6.17. The first-order valence-corrected chi connectivity index (χ1v) is 9.83. The van der Waals surface area contributed by atoms with Crippen LogP contribution in [0, 0.1) is 0 Å². The lowest BCUT2D eigenvalue weighted by Crippen LogP contribution is -2.36. The average Bonchev–Trinajstić information content (AvgIpc) is 3.16. The third-order valence-electron chi connectivity index (χ3n) is 5.26. The van der Waals surface area contributed by atoms with Crippen LogP contribution in [0.15, 0.2) is 42.7 Å². The van der Waals surface area contributed by atoms with Gasteiger partial charge >= 0.3 is 0 Å². The van der Waals surface area contributed by atoms with E-state index in [2.05, 4.69) is 14.9 Å². The third kappa shape index (κ3) is 4.45. The van der Waals surface area contributed by atoms with Gasteiger partial charge in [0.1, 0.15) is 11.7 Å². The summed E-state index contributed by atoms with van der Waals surface area (Å²) >= 11 is 0. The van der Waals surface area contributed by atoms with Gasteiger partial charge in [0.05, 0.1) is 5.69 Å². The van der Waals surface area contributed by atoms with E-state index in [1.165, 1.54) is 6.42 Å². The van der Waals surface area contributed by atoms with Crippen LogP contribution in [0.3, 0.4) is 0 Å². The Labute approximate surface area is 160 Å². The molecule has 6 heteroatoms. The number of ether oxygens (including phenoxy) is 1. The first kappa shape index (κ1) is 17.9. The van der Waals surface area contributed by atoms with Crippen LogP contribution in [0.4, 0.5) is 0 Å². The van der Waals surface area contributed by atoms with Crippen LogP contribution in [0.5, 0.6) is 5.88 Å². The fraction of sp³-hybridized carbons (Fsp3) is 0.476. The van der Waals surface area contributed by atoms with Crippen molar-refractivity contribution in [2.45, 2.75) is 38.3 Å². The topological polar surface area (TPSA) is 58.6 Å². The molecule has 2 aliphatic rings. The highest BCUT2D eigenvalue weighted by Gasteiger charge is 2.27. The highest BCUT2D eigenvalue weighted by atomic mass is 16.5. The number of likely N-dealkylation sites (tertiary alicyclic amines) is 2. The number of hydrogen-bond acceptors (Lipinski definition) is 5. The lowest BCUT2D eigenvalue weighted by atomic mass is 10.1.